The maximum atomic E-state index is 13.2. The Labute approximate surface area is 217 Å². The van der Waals surface area contributed by atoms with Gasteiger partial charge in [-0.05, 0) is 56.0 Å². The lowest BCUT2D eigenvalue weighted by Crippen LogP contribution is -2.44. The fourth-order valence-corrected chi connectivity index (χ4v) is 6.86. The van der Waals surface area contributed by atoms with Crippen LogP contribution in [0.15, 0.2) is 40.1 Å². The molecule has 0 spiro atoms. The van der Waals surface area contributed by atoms with Crippen molar-refractivity contribution in [2.75, 3.05) is 32.5 Å². The van der Waals surface area contributed by atoms with Gasteiger partial charge in [-0.2, -0.15) is 0 Å². The third kappa shape index (κ3) is 6.46. The predicted octanol–water partition coefficient (Wildman–Crippen LogP) is 5.73. The number of halogens is 2. The quantitative estimate of drug-likeness (QED) is 0.319. The third-order valence-electron chi connectivity index (χ3n) is 6.56. The average molecular weight is 539 g/mol. The summed E-state index contributed by atoms with van der Waals surface area (Å²) in [5, 5.41) is 23.5. The molecule has 0 saturated carbocycles. The molecule has 1 aromatic carbocycles. The number of rotatable bonds is 10. The number of carboxylic acid groups (broad SMARTS) is 1. The number of hydrogen-bond donors (Lipinski definition) is 2. The van der Waals surface area contributed by atoms with Crippen molar-refractivity contribution in [2.24, 2.45) is 11.8 Å². The van der Waals surface area contributed by atoms with Gasteiger partial charge in [-0.15, -0.1) is 23.1 Å². The van der Waals surface area contributed by atoms with Crippen LogP contribution in [0.1, 0.15) is 30.9 Å². The topological polar surface area (TPSA) is 82.9 Å². The lowest BCUT2D eigenvalue weighted by Gasteiger charge is -2.37. The summed E-state index contributed by atoms with van der Waals surface area (Å²) in [5.41, 5.74) is 1.31. The second-order valence-electron chi connectivity index (χ2n) is 8.72. The van der Waals surface area contributed by atoms with E-state index >= 15 is 0 Å². The zero-order valence-corrected chi connectivity index (χ0v) is 21.7. The molecule has 1 aliphatic rings. The molecule has 188 valence electrons. The fourth-order valence-electron chi connectivity index (χ4n) is 4.69. The van der Waals surface area contributed by atoms with E-state index < -0.39 is 18.0 Å². The minimum absolute atomic E-state index is 0.0288. The lowest BCUT2D eigenvalue weighted by atomic mass is 9.81. The normalized spacial score (nSPS) is 19.7. The number of aliphatic carboxylic acids is 1. The number of ether oxygens (including phenoxy) is 1. The summed E-state index contributed by atoms with van der Waals surface area (Å²) in [4.78, 5) is 18.5. The number of thiophene rings is 1. The standard InChI is InChI=1S/C25H28ClFN2O4S2/c1-33-17-3-4-21-18(11-17)24(20(26)12-28-21)22(30)5-2-15-6-7-29(13-19(15)25(31)32)8-9-34-23-10-16(27)14-35-23/h3-4,10-12,14-15,19,22,30H,2,5-9,13H2,1H3,(H,31,32). The van der Waals surface area contributed by atoms with Crippen molar-refractivity contribution in [2.45, 2.75) is 29.6 Å². The van der Waals surface area contributed by atoms with Gasteiger partial charge in [0.1, 0.15) is 11.6 Å². The van der Waals surface area contributed by atoms with Crippen LogP contribution in [0.2, 0.25) is 5.02 Å². The van der Waals surface area contributed by atoms with Gasteiger partial charge in [0, 0.05) is 41.4 Å². The van der Waals surface area contributed by atoms with Crippen LogP contribution in [-0.4, -0.2) is 58.6 Å². The first-order valence-corrected chi connectivity index (χ1v) is 13.7. The van der Waals surface area contributed by atoms with Gasteiger partial charge in [-0.25, -0.2) is 4.39 Å². The Morgan fingerprint density at radius 3 is 2.97 bits per heavy atom. The minimum atomic E-state index is -0.838. The molecule has 1 saturated heterocycles. The number of piperidine rings is 1. The average Bonchev–Trinajstić information content (AvgIpc) is 3.27. The number of pyridine rings is 1. The van der Waals surface area contributed by atoms with Crippen molar-refractivity contribution in [1.82, 2.24) is 9.88 Å². The SMILES string of the molecule is COc1ccc2ncc(Cl)c(C(O)CCC3CCN(CCSc4cc(F)cs4)CC3C(=O)O)c2c1. The summed E-state index contributed by atoms with van der Waals surface area (Å²) in [5.74, 6) is -0.113. The van der Waals surface area contributed by atoms with Gasteiger partial charge in [-0.3, -0.25) is 9.78 Å². The molecule has 6 nitrogen and oxygen atoms in total. The molecular formula is C25H28ClFN2O4S2. The Kier molecular flexibility index (Phi) is 8.88. The Hall–Kier alpha value is -1.91. The molecule has 10 heteroatoms. The molecule has 3 atom stereocenters. The number of methoxy groups -OCH3 is 1. The van der Waals surface area contributed by atoms with Crippen LogP contribution < -0.4 is 4.74 Å². The number of aliphatic hydroxyl groups is 1. The Balaban J connectivity index is 1.37. The first kappa shape index (κ1) is 26.2. The van der Waals surface area contributed by atoms with Crippen LogP contribution in [0.4, 0.5) is 4.39 Å². The number of benzene rings is 1. The molecule has 3 heterocycles. The number of hydrogen-bond acceptors (Lipinski definition) is 7. The predicted molar refractivity (Wildman–Crippen MR) is 138 cm³/mol. The summed E-state index contributed by atoms with van der Waals surface area (Å²) in [6, 6.07) is 6.97. The van der Waals surface area contributed by atoms with E-state index in [0.717, 1.165) is 34.9 Å². The van der Waals surface area contributed by atoms with Crippen LogP contribution in [0, 0.1) is 17.7 Å². The number of aliphatic hydroxyl groups excluding tert-OH is 1. The van der Waals surface area contributed by atoms with Gasteiger partial charge < -0.3 is 19.8 Å². The Morgan fingerprint density at radius 1 is 1.43 bits per heavy atom. The van der Waals surface area contributed by atoms with E-state index in [1.807, 2.05) is 18.2 Å². The molecule has 0 amide bonds. The van der Waals surface area contributed by atoms with Crippen LogP contribution in [0.25, 0.3) is 10.9 Å². The van der Waals surface area contributed by atoms with Crippen molar-refractivity contribution in [1.29, 1.82) is 0 Å². The lowest BCUT2D eigenvalue weighted by molar-refractivity contribution is -0.146. The maximum Gasteiger partial charge on any atom is 0.308 e. The van der Waals surface area contributed by atoms with E-state index in [1.54, 1.807) is 18.9 Å². The zero-order chi connectivity index (χ0) is 24.9. The van der Waals surface area contributed by atoms with E-state index in [9.17, 15) is 19.4 Å². The first-order valence-electron chi connectivity index (χ1n) is 11.5. The van der Waals surface area contributed by atoms with E-state index in [2.05, 4.69) is 9.88 Å². The summed E-state index contributed by atoms with van der Waals surface area (Å²) in [6.45, 7) is 2.04. The van der Waals surface area contributed by atoms with Gasteiger partial charge in [0.25, 0.3) is 0 Å². The molecule has 0 aliphatic carbocycles. The third-order valence-corrected chi connectivity index (χ3v) is 8.99. The van der Waals surface area contributed by atoms with Gasteiger partial charge in [-0.1, -0.05) is 11.6 Å². The van der Waals surface area contributed by atoms with Crippen molar-refractivity contribution in [3.05, 3.63) is 52.2 Å². The van der Waals surface area contributed by atoms with Crippen molar-refractivity contribution < 1.29 is 24.1 Å². The number of likely N-dealkylation sites (tertiary alicyclic amines) is 1. The molecule has 2 aromatic heterocycles. The number of carboxylic acids is 1. The molecule has 0 bridgehead atoms. The van der Waals surface area contributed by atoms with E-state index in [4.69, 9.17) is 16.3 Å². The smallest absolute Gasteiger partial charge is 0.308 e. The number of fused-ring (bicyclic) bond motifs is 1. The first-order chi connectivity index (χ1) is 16.9. The van der Waals surface area contributed by atoms with Crippen LogP contribution in [-0.2, 0) is 4.79 Å². The van der Waals surface area contributed by atoms with Gasteiger partial charge in [0.05, 0.1) is 33.9 Å². The van der Waals surface area contributed by atoms with Crippen LogP contribution in [0.3, 0.4) is 0 Å². The highest BCUT2D eigenvalue weighted by Gasteiger charge is 2.34. The molecule has 3 unspecified atom stereocenters. The van der Waals surface area contributed by atoms with Gasteiger partial charge >= 0.3 is 5.97 Å². The van der Waals surface area contributed by atoms with E-state index in [0.29, 0.717) is 41.2 Å². The largest absolute Gasteiger partial charge is 0.497 e. The van der Waals surface area contributed by atoms with Gasteiger partial charge in [0.2, 0.25) is 0 Å². The van der Waals surface area contributed by atoms with E-state index in [-0.39, 0.29) is 11.7 Å². The second-order valence-corrected chi connectivity index (χ2v) is 11.4. The molecule has 1 aliphatic heterocycles. The van der Waals surface area contributed by atoms with Crippen LogP contribution >= 0.6 is 34.7 Å². The molecular weight excluding hydrogens is 511 g/mol. The number of carbonyl (C=O) groups is 1. The highest BCUT2D eigenvalue weighted by molar-refractivity contribution is 8.01. The van der Waals surface area contributed by atoms with Gasteiger partial charge in [0.15, 0.2) is 0 Å². The van der Waals surface area contributed by atoms with Crippen LogP contribution in [0.5, 0.6) is 5.75 Å². The molecule has 1 fully saturated rings. The monoisotopic (exact) mass is 538 g/mol. The molecule has 0 radical (unpaired) electrons. The summed E-state index contributed by atoms with van der Waals surface area (Å²) in [7, 11) is 1.58. The second kappa shape index (κ2) is 11.9. The van der Waals surface area contributed by atoms with Crippen molar-refractivity contribution in [3.8, 4) is 5.75 Å². The Morgan fingerprint density at radius 2 is 2.26 bits per heavy atom. The minimum Gasteiger partial charge on any atom is -0.497 e. The maximum absolute atomic E-state index is 13.2. The Bertz CT molecular complexity index is 1180. The summed E-state index contributed by atoms with van der Waals surface area (Å²) >= 11 is 9.40. The number of nitrogens with zero attached hydrogens (tertiary/aromatic N) is 2. The zero-order valence-electron chi connectivity index (χ0n) is 19.3. The van der Waals surface area contributed by atoms with E-state index in [1.165, 1.54) is 29.0 Å². The number of thioether (sulfide) groups is 1. The fraction of sp³-hybridized carbons (Fsp3) is 0.440. The summed E-state index contributed by atoms with van der Waals surface area (Å²) in [6.07, 6.45) is 2.44. The number of aromatic nitrogens is 1. The van der Waals surface area contributed by atoms with Crippen molar-refractivity contribution >= 4 is 51.6 Å². The highest BCUT2D eigenvalue weighted by atomic mass is 35.5. The highest BCUT2D eigenvalue weighted by Crippen LogP contribution is 2.37. The molecule has 2 N–H and O–H groups in total. The molecule has 4 rings (SSSR count). The van der Waals surface area contributed by atoms with Crippen molar-refractivity contribution in [3.63, 3.8) is 0 Å². The molecule has 3 aromatic rings. The summed E-state index contributed by atoms with van der Waals surface area (Å²) < 4.78 is 19.4. The molecule has 35 heavy (non-hydrogen) atoms.